The topological polar surface area (TPSA) is 79.0 Å². The van der Waals surface area contributed by atoms with Gasteiger partial charge in [-0.3, -0.25) is 4.99 Å². The molecule has 8 heteroatoms. The number of nitrogens with zero attached hydrogens (tertiary/aromatic N) is 3. The van der Waals surface area contributed by atoms with Crippen molar-refractivity contribution < 1.29 is 12.8 Å². The van der Waals surface area contributed by atoms with E-state index in [1.54, 1.807) is 12.1 Å². The van der Waals surface area contributed by atoms with E-state index >= 15 is 0 Å². The van der Waals surface area contributed by atoms with Gasteiger partial charge in [0.2, 0.25) is 0 Å². The third-order valence-electron chi connectivity index (χ3n) is 5.35. The number of halogens is 1. The van der Waals surface area contributed by atoms with E-state index in [0.717, 1.165) is 51.1 Å². The number of guanidine groups is 1. The van der Waals surface area contributed by atoms with E-state index in [1.807, 2.05) is 4.90 Å². The minimum Gasteiger partial charge on any atom is -0.370 e. The van der Waals surface area contributed by atoms with Crippen molar-refractivity contribution in [2.75, 3.05) is 49.6 Å². The molecule has 0 amide bonds. The monoisotopic (exact) mass is 382 g/mol. The van der Waals surface area contributed by atoms with Crippen molar-refractivity contribution in [1.82, 2.24) is 4.90 Å². The standard InChI is InChI=1S/C18H27FN4O2S/c1-26(24,25)14-18(7-2-8-18)13-21-17(20)23-11-9-22(10-12-23)16-5-3-15(19)4-6-16/h3-6H,2,7-14H2,1H3,(H2,20,21). The van der Waals surface area contributed by atoms with Gasteiger partial charge in [-0.05, 0) is 37.1 Å². The fourth-order valence-corrected chi connectivity index (χ4v) is 5.27. The second-order valence-corrected chi connectivity index (χ2v) is 9.69. The van der Waals surface area contributed by atoms with Crippen molar-refractivity contribution in [3.8, 4) is 0 Å². The Bertz CT molecular complexity index is 752. The van der Waals surface area contributed by atoms with Crippen LogP contribution in [0.5, 0.6) is 0 Å². The number of nitrogens with two attached hydrogens (primary N) is 1. The zero-order valence-electron chi connectivity index (χ0n) is 15.2. The van der Waals surface area contributed by atoms with Crippen LogP contribution in [0.1, 0.15) is 19.3 Å². The summed E-state index contributed by atoms with van der Waals surface area (Å²) in [6.45, 7) is 3.54. The molecule has 0 atom stereocenters. The van der Waals surface area contributed by atoms with Gasteiger partial charge >= 0.3 is 0 Å². The van der Waals surface area contributed by atoms with Gasteiger partial charge in [-0.1, -0.05) is 6.42 Å². The van der Waals surface area contributed by atoms with Gasteiger partial charge in [-0.15, -0.1) is 0 Å². The van der Waals surface area contributed by atoms with Crippen molar-refractivity contribution in [2.24, 2.45) is 16.1 Å². The van der Waals surface area contributed by atoms with Gasteiger partial charge in [0.05, 0.1) is 5.75 Å². The highest BCUT2D eigenvalue weighted by molar-refractivity contribution is 7.90. The average Bonchev–Trinajstić information content (AvgIpc) is 2.57. The van der Waals surface area contributed by atoms with E-state index in [1.165, 1.54) is 18.4 Å². The highest BCUT2D eigenvalue weighted by atomic mass is 32.2. The fourth-order valence-electron chi connectivity index (χ4n) is 3.78. The van der Waals surface area contributed by atoms with Gasteiger partial charge in [0.15, 0.2) is 5.96 Å². The summed E-state index contributed by atoms with van der Waals surface area (Å²) in [5, 5.41) is 0. The summed E-state index contributed by atoms with van der Waals surface area (Å²) in [5.41, 5.74) is 6.94. The Balaban J connectivity index is 1.55. The molecule has 0 spiro atoms. The Labute approximate surface area is 154 Å². The van der Waals surface area contributed by atoms with Crippen molar-refractivity contribution in [1.29, 1.82) is 0 Å². The number of hydrogen-bond donors (Lipinski definition) is 1. The maximum Gasteiger partial charge on any atom is 0.191 e. The van der Waals surface area contributed by atoms with Crippen LogP contribution in [0, 0.1) is 11.2 Å². The smallest absolute Gasteiger partial charge is 0.191 e. The molecule has 1 aromatic carbocycles. The van der Waals surface area contributed by atoms with E-state index in [2.05, 4.69) is 9.89 Å². The van der Waals surface area contributed by atoms with Crippen molar-refractivity contribution >= 4 is 21.5 Å². The summed E-state index contributed by atoms with van der Waals surface area (Å²) < 4.78 is 36.4. The summed E-state index contributed by atoms with van der Waals surface area (Å²) in [4.78, 5) is 8.75. The number of anilines is 1. The molecule has 1 saturated carbocycles. The lowest BCUT2D eigenvalue weighted by Crippen LogP contribution is -2.51. The number of hydrogen-bond acceptors (Lipinski definition) is 4. The molecule has 1 saturated heterocycles. The molecule has 1 aliphatic carbocycles. The Morgan fingerprint density at radius 3 is 2.31 bits per heavy atom. The third kappa shape index (κ3) is 4.66. The van der Waals surface area contributed by atoms with Crippen LogP contribution in [0.15, 0.2) is 29.3 Å². The summed E-state index contributed by atoms with van der Waals surface area (Å²) in [5.74, 6) is 0.445. The molecule has 0 unspecified atom stereocenters. The SMILES string of the molecule is CS(=O)(=O)CC1(CN=C(N)N2CCN(c3ccc(F)cc3)CC2)CCC1. The minimum atomic E-state index is -3.01. The summed E-state index contributed by atoms with van der Waals surface area (Å²) >= 11 is 0. The quantitative estimate of drug-likeness (QED) is 0.616. The number of sulfone groups is 1. The lowest BCUT2D eigenvalue weighted by Gasteiger charge is -2.41. The van der Waals surface area contributed by atoms with Crippen molar-refractivity contribution in [2.45, 2.75) is 19.3 Å². The largest absolute Gasteiger partial charge is 0.370 e. The van der Waals surface area contributed by atoms with Gasteiger partial charge in [0, 0.05) is 50.1 Å². The lowest BCUT2D eigenvalue weighted by atomic mass is 9.70. The summed E-state index contributed by atoms with van der Waals surface area (Å²) in [6.07, 6.45) is 4.14. The molecule has 26 heavy (non-hydrogen) atoms. The molecular weight excluding hydrogens is 355 g/mol. The molecule has 0 radical (unpaired) electrons. The molecule has 1 aromatic rings. The first-order valence-corrected chi connectivity index (χ1v) is 11.1. The third-order valence-corrected chi connectivity index (χ3v) is 6.49. The molecule has 3 rings (SSSR count). The molecule has 1 heterocycles. The van der Waals surface area contributed by atoms with Gasteiger partial charge in [0.25, 0.3) is 0 Å². The van der Waals surface area contributed by atoms with Gasteiger partial charge in [-0.25, -0.2) is 12.8 Å². The second kappa shape index (κ2) is 7.42. The van der Waals surface area contributed by atoms with Crippen LogP contribution in [0.25, 0.3) is 0 Å². The summed E-state index contributed by atoms with van der Waals surface area (Å²) in [6, 6.07) is 6.51. The lowest BCUT2D eigenvalue weighted by molar-refractivity contribution is 0.176. The normalized spacial score (nSPS) is 20.8. The number of benzene rings is 1. The first kappa shape index (κ1) is 18.9. The highest BCUT2D eigenvalue weighted by Gasteiger charge is 2.39. The van der Waals surface area contributed by atoms with Gasteiger partial charge in [-0.2, -0.15) is 0 Å². The van der Waals surface area contributed by atoms with Crippen molar-refractivity contribution in [3.05, 3.63) is 30.1 Å². The van der Waals surface area contributed by atoms with Crippen LogP contribution in [0.2, 0.25) is 0 Å². The van der Waals surface area contributed by atoms with Crippen LogP contribution < -0.4 is 10.6 Å². The predicted molar refractivity (Wildman–Crippen MR) is 103 cm³/mol. The minimum absolute atomic E-state index is 0.190. The zero-order valence-corrected chi connectivity index (χ0v) is 16.0. The van der Waals surface area contributed by atoms with Crippen LogP contribution in [-0.2, 0) is 9.84 Å². The molecule has 1 aliphatic heterocycles. The molecule has 6 nitrogen and oxygen atoms in total. The van der Waals surface area contributed by atoms with E-state index in [9.17, 15) is 12.8 Å². The molecule has 0 bridgehead atoms. The average molecular weight is 383 g/mol. The van der Waals surface area contributed by atoms with Crippen LogP contribution in [-0.4, -0.2) is 64.0 Å². The van der Waals surface area contributed by atoms with Gasteiger partial charge in [0.1, 0.15) is 15.7 Å². The Morgan fingerprint density at radius 1 is 1.19 bits per heavy atom. The predicted octanol–water partition coefficient (Wildman–Crippen LogP) is 1.48. The van der Waals surface area contributed by atoms with Gasteiger partial charge < -0.3 is 15.5 Å². The maximum absolute atomic E-state index is 13.0. The van der Waals surface area contributed by atoms with Crippen molar-refractivity contribution in [3.63, 3.8) is 0 Å². The highest BCUT2D eigenvalue weighted by Crippen LogP contribution is 2.42. The van der Waals surface area contributed by atoms with Crippen LogP contribution in [0.3, 0.4) is 0 Å². The maximum atomic E-state index is 13.0. The number of piperazine rings is 1. The van der Waals surface area contributed by atoms with E-state index in [0.29, 0.717) is 12.5 Å². The van der Waals surface area contributed by atoms with Crippen LogP contribution in [0.4, 0.5) is 10.1 Å². The van der Waals surface area contributed by atoms with Crippen LogP contribution >= 0.6 is 0 Å². The molecule has 2 aliphatic rings. The fraction of sp³-hybridized carbons (Fsp3) is 0.611. The summed E-state index contributed by atoms with van der Waals surface area (Å²) in [7, 11) is -3.01. The van der Waals surface area contributed by atoms with E-state index in [-0.39, 0.29) is 17.0 Å². The number of rotatable bonds is 5. The molecule has 2 fully saturated rings. The molecule has 2 N–H and O–H groups in total. The molecule has 144 valence electrons. The first-order chi connectivity index (χ1) is 12.3. The Morgan fingerprint density at radius 2 is 1.81 bits per heavy atom. The Kier molecular flexibility index (Phi) is 5.41. The second-order valence-electron chi connectivity index (χ2n) is 7.55. The molecular formula is C18H27FN4O2S. The number of aliphatic imine (C=N–C) groups is 1. The first-order valence-electron chi connectivity index (χ1n) is 9.00. The molecule has 0 aromatic heterocycles. The van der Waals surface area contributed by atoms with E-state index < -0.39 is 9.84 Å². The Hall–Kier alpha value is -1.83. The zero-order chi connectivity index (χ0) is 18.8. The van der Waals surface area contributed by atoms with E-state index in [4.69, 9.17) is 5.73 Å².